The van der Waals surface area contributed by atoms with E-state index in [9.17, 15) is 0 Å². The van der Waals surface area contributed by atoms with Gasteiger partial charge >= 0.3 is 0 Å². The smallest absolute Gasteiger partial charge is 0.139 e. The summed E-state index contributed by atoms with van der Waals surface area (Å²) < 4.78 is 3.81. The van der Waals surface area contributed by atoms with Gasteiger partial charge in [0.1, 0.15) is 17.2 Å². The molecule has 3 aromatic heterocycles. The molecule has 3 heterocycles. The number of nitrogens with two attached hydrogens (primary N) is 1. The minimum absolute atomic E-state index is 0.681. The van der Waals surface area contributed by atoms with Gasteiger partial charge in [-0.2, -0.15) is 5.10 Å². The number of aryl methyl sites for hydroxylation is 4. The minimum atomic E-state index is 0.681. The van der Waals surface area contributed by atoms with E-state index in [0.29, 0.717) is 5.82 Å². The van der Waals surface area contributed by atoms with E-state index in [2.05, 4.69) is 31.1 Å². The van der Waals surface area contributed by atoms with Gasteiger partial charge in [0.2, 0.25) is 0 Å². The van der Waals surface area contributed by atoms with Crippen LogP contribution in [0.2, 0.25) is 0 Å². The summed E-state index contributed by atoms with van der Waals surface area (Å²) in [6.07, 6.45) is 2.85. The van der Waals surface area contributed by atoms with Crippen LogP contribution in [0.15, 0.2) is 18.3 Å². The Bertz CT molecular complexity index is 794. The SMILES string of the molecule is CCc1nn(C)cc1-c1nc2cc(C)cc(C)n2c1N. The Morgan fingerprint density at radius 2 is 2.00 bits per heavy atom. The second-order valence-corrected chi connectivity index (χ2v) is 5.23. The van der Waals surface area contributed by atoms with Crippen molar-refractivity contribution in [1.29, 1.82) is 0 Å². The first kappa shape index (κ1) is 12.7. The molecule has 20 heavy (non-hydrogen) atoms. The monoisotopic (exact) mass is 269 g/mol. The molecule has 5 nitrogen and oxygen atoms in total. The van der Waals surface area contributed by atoms with Crippen LogP contribution in [0.25, 0.3) is 16.9 Å². The molecule has 0 spiro atoms. The molecular weight excluding hydrogens is 250 g/mol. The van der Waals surface area contributed by atoms with Crippen molar-refractivity contribution in [2.75, 3.05) is 5.73 Å². The summed E-state index contributed by atoms with van der Waals surface area (Å²) in [4.78, 5) is 4.71. The highest BCUT2D eigenvalue weighted by Gasteiger charge is 2.17. The predicted molar refractivity (Wildman–Crippen MR) is 80.7 cm³/mol. The van der Waals surface area contributed by atoms with Crippen LogP contribution in [0.3, 0.4) is 0 Å². The lowest BCUT2D eigenvalue weighted by Crippen LogP contribution is -1.98. The van der Waals surface area contributed by atoms with Gasteiger partial charge in [0, 0.05) is 24.5 Å². The molecule has 3 rings (SSSR count). The maximum absolute atomic E-state index is 6.32. The van der Waals surface area contributed by atoms with Gasteiger partial charge in [-0.25, -0.2) is 4.98 Å². The minimum Gasteiger partial charge on any atom is -0.383 e. The van der Waals surface area contributed by atoms with Gasteiger partial charge in [0.05, 0.1) is 5.69 Å². The van der Waals surface area contributed by atoms with Crippen LogP contribution in [0, 0.1) is 13.8 Å². The highest BCUT2D eigenvalue weighted by molar-refractivity contribution is 5.76. The standard InChI is InChI=1S/C15H19N5/c1-5-12-11(8-19(4)18-12)14-15(16)20-10(3)6-9(2)7-13(20)17-14/h6-8H,5,16H2,1-4H3. The second kappa shape index (κ2) is 4.37. The highest BCUT2D eigenvalue weighted by atomic mass is 15.3. The van der Waals surface area contributed by atoms with Crippen LogP contribution in [0.4, 0.5) is 5.82 Å². The van der Waals surface area contributed by atoms with Gasteiger partial charge < -0.3 is 5.73 Å². The van der Waals surface area contributed by atoms with E-state index in [1.165, 1.54) is 5.56 Å². The van der Waals surface area contributed by atoms with E-state index >= 15 is 0 Å². The summed E-state index contributed by atoms with van der Waals surface area (Å²) in [6, 6.07) is 4.16. The van der Waals surface area contributed by atoms with E-state index < -0.39 is 0 Å². The number of nitrogen functional groups attached to an aromatic ring is 1. The number of nitrogens with zero attached hydrogens (tertiary/aromatic N) is 4. The number of hydrogen-bond donors (Lipinski definition) is 1. The third-order valence-corrected chi connectivity index (χ3v) is 3.58. The Labute approximate surface area is 118 Å². The topological polar surface area (TPSA) is 61.1 Å². The fraction of sp³-hybridized carbons (Fsp3) is 0.333. The number of fused-ring (bicyclic) bond motifs is 1. The van der Waals surface area contributed by atoms with Crippen molar-refractivity contribution in [3.8, 4) is 11.3 Å². The van der Waals surface area contributed by atoms with Gasteiger partial charge in [-0.1, -0.05) is 6.92 Å². The third kappa shape index (κ3) is 1.78. The Balaban J connectivity index is 2.32. The van der Waals surface area contributed by atoms with Crippen molar-refractivity contribution >= 4 is 11.5 Å². The number of rotatable bonds is 2. The van der Waals surface area contributed by atoms with E-state index in [1.54, 1.807) is 0 Å². The first-order valence-corrected chi connectivity index (χ1v) is 6.79. The number of imidazole rings is 1. The van der Waals surface area contributed by atoms with Crippen molar-refractivity contribution in [2.24, 2.45) is 7.05 Å². The molecular formula is C15H19N5. The molecule has 0 aliphatic rings. The first-order valence-electron chi connectivity index (χ1n) is 6.79. The molecule has 0 bridgehead atoms. The van der Waals surface area contributed by atoms with Gasteiger partial charge in [0.25, 0.3) is 0 Å². The normalized spacial score (nSPS) is 11.4. The van der Waals surface area contributed by atoms with Gasteiger partial charge in [-0.15, -0.1) is 0 Å². The molecule has 0 atom stereocenters. The number of aromatic nitrogens is 4. The molecule has 2 N–H and O–H groups in total. The van der Waals surface area contributed by atoms with E-state index in [4.69, 9.17) is 10.7 Å². The third-order valence-electron chi connectivity index (χ3n) is 3.58. The van der Waals surface area contributed by atoms with Crippen molar-refractivity contribution in [1.82, 2.24) is 19.2 Å². The Hall–Kier alpha value is -2.30. The highest BCUT2D eigenvalue weighted by Crippen LogP contribution is 2.30. The maximum atomic E-state index is 6.32. The summed E-state index contributed by atoms with van der Waals surface area (Å²) in [5, 5.41) is 4.47. The quantitative estimate of drug-likeness (QED) is 0.777. The van der Waals surface area contributed by atoms with Gasteiger partial charge in [-0.3, -0.25) is 9.08 Å². The van der Waals surface area contributed by atoms with Crippen molar-refractivity contribution in [3.05, 3.63) is 35.3 Å². The largest absolute Gasteiger partial charge is 0.383 e. The molecule has 0 saturated carbocycles. The molecule has 0 unspecified atom stereocenters. The molecule has 104 valence electrons. The van der Waals surface area contributed by atoms with E-state index in [-0.39, 0.29) is 0 Å². The summed E-state index contributed by atoms with van der Waals surface area (Å²) in [7, 11) is 1.92. The number of pyridine rings is 1. The summed E-state index contributed by atoms with van der Waals surface area (Å²) in [6.45, 7) is 6.21. The molecule has 0 saturated heterocycles. The van der Waals surface area contributed by atoms with E-state index in [0.717, 1.165) is 34.7 Å². The summed E-state index contributed by atoms with van der Waals surface area (Å²) in [5.74, 6) is 0.681. The Morgan fingerprint density at radius 3 is 2.70 bits per heavy atom. The zero-order valence-corrected chi connectivity index (χ0v) is 12.3. The lowest BCUT2D eigenvalue weighted by atomic mass is 10.1. The summed E-state index contributed by atoms with van der Waals surface area (Å²) in [5.41, 5.74) is 12.4. The fourth-order valence-corrected chi connectivity index (χ4v) is 2.75. The zero-order valence-electron chi connectivity index (χ0n) is 12.3. The fourth-order valence-electron chi connectivity index (χ4n) is 2.75. The molecule has 0 aliphatic heterocycles. The molecule has 5 heteroatoms. The van der Waals surface area contributed by atoms with Crippen molar-refractivity contribution < 1.29 is 0 Å². The second-order valence-electron chi connectivity index (χ2n) is 5.23. The van der Waals surface area contributed by atoms with E-state index in [1.807, 2.05) is 29.3 Å². The molecule has 0 radical (unpaired) electrons. The first-order chi connectivity index (χ1) is 9.51. The molecule has 3 aromatic rings. The van der Waals surface area contributed by atoms with Crippen LogP contribution >= 0.6 is 0 Å². The number of anilines is 1. The Kier molecular flexibility index (Phi) is 2.78. The number of hydrogen-bond acceptors (Lipinski definition) is 3. The van der Waals surface area contributed by atoms with Crippen LogP contribution in [-0.4, -0.2) is 19.2 Å². The average molecular weight is 269 g/mol. The molecule has 0 aliphatic carbocycles. The van der Waals surface area contributed by atoms with Crippen LogP contribution < -0.4 is 5.73 Å². The average Bonchev–Trinajstić information content (AvgIpc) is 2.89. The molecule has 0 fully saturated rings. The Morgan fingerprint density at radius 1 is 1.25 bits per heavy atom. The zero-order chi connectivity index (χ0) is 14.4. The van der Waals surface area contributed by atoms with Crippen LogP contribution in [0.5, 0.6) is 0 Å². The maximum Gasteiger partial charge on any atom is 0.139 e. The van der Waals surface area contributed by atoms with Crippen LogP contribution in [-0.2, 0) is 13.5 Å². The predicted octanol–water partition coefficient (Wildman–Crippen LogP) is 2.50. The van der Waals surface area contributed by atoms with Crippen molar-refractivity contribution in [3.63, 3.8) is 0 Å². The van der Waals surface area contributed by atoms with Crippen LogP contribution in [0.1, 0.15) is 23.9 Å². The van der Waals surface area contributed by atoms with Crippen molar-refractivity contribution in [2.45, 2.75) is 27.2 Å². The summed E-state index contributed by atoms with van der Waals surface area (Å²) >= 11 is 0. The lowest BCUT2D eigenvalue weighted by Gasteiger charge is -2.03. The lowest BCUT2D eigenvalue weighted by molar-refractivity contribution is 0.746. The molecule has 0 aromatic carbocycles. The molecule has 0 amide bonds. The van der Waals surface area contributed by atoms with Gasteiger partial charge in [0.15, 0.2) is 0 Å². The van der Waals surface area contributed by atoms with Gasteiger partial charge in [-0.05, 0) is 38.0 Å².